The number of aromatic hydroxyl groups is 1. The van der Waals surface area contributed by atoms with Crippen LogP contribution in [0.5, 0.6) is 17.2 Å². The average molecular weight is 239 g/mol. The number of ether oxygens (including phenoxy) is 2. The van der Waals surface area contributed by atoms with Gasteiger partial charge in [-0.3, -0.25) is 0 Å². The molecule has 0 radical (unpaired) electrons. The molecule has 0 saturated carbocycles. The zero-order chi connectivity index (χ0) is 12.8. The van der Waals surface area contributed by atoms with Crippen LogP contribution in [0.2, 0.25) is 0 Å². The molecule has 1 rings (SSSR count). The number of hydrogen-bond acceptors (Lipinski definition) is 4. The van der Waals surface area contributed by atoms with Gasteiger partial charge >= 0.3 is 0 Å². The van der Waals surface area contributed by atoms with E-state index in [4.69, 9.17) is 9.47 Å². The Hall–Kier alpha value is -1.42. The molecule has 0 fully saturated rings. The van der Waals surface area contributed by atoms with Gasteiger partial charge in [-0.1, -0.05) is 13.8 Å². The lowest BCUT2D eigenvalue weighted by Gasteiger charge is -2.19. The summed E-state index contributed by atoms with van der Waals surface area (Å²) in [7, 11) is 3.07. The third kappa shape index (κ3) is 3.03. The molecule has 96 valence electrons. The van der Waals surface area contributed by atoms with Crippen LogP contribution in [-0.4, -0.2) is 25.9 Å². The highest BCUT2D eigenvalue weighted by atomic mass is 16.5. The Morgan fingerprint density at radius 1 is 1.18 bits per heavy atom. The topological polar surface area (TPSA) is 50.7 Å². The van der Waals surface area contributed by atoms with Crippen molar-refractivity contribution in [2.45, 2.75) is 26.3 Å². The molecule has 0 amide bonds. The van der Waals surface area contributed by atoms with Crippen LogP contribution in [-0.2, 0) is 0 Å². The number of nitrogens with one attached hydrogen (secondary N) is 1. The van der Waals surface area contributed by atoms with E-state index in [2.05, 4.69) is 19.2 Å². The molecule has 0 saturated heterocycles. The summed E-state index contributed by atoms with van der Waals surface area (Å²) in [6.07, 6.45) is 0.963. The Balaban J connectivity index is 3.15. The maximum Gasteiger partial charge on any atom is 0.200 e. The molecular formula is C13H21NO3. The summed E-state index contributed by atoms with van der Waals surface area (Å²) in [4.78, 5) is 0. The van der Waals surface area contributed by atoms with Gasteiger partial charge in [0.25, 0.3) is 0 Å². The lowest BCUT2D eigenvalue weighted by molar-refractivity contribution is 0.338. The fourth-order valence-corrected chi connectivity index (χ4v) is 1.86. The molecule has 0 aliphatic rings. The third-order valence-electron chi connectivity index (χ3n) is 2.76. The number of hydrogen-bond donors (Lipinski definition) is 2. The first kappa shape index (κ1) is 13.6. The van der Waals surface area contributed by atoms with E-state index in [0.717, 1.165) is 18.5 Å². The summed E-state index contributed by atoms with van der Waals surface area (Å²) in [6, 6.07) is 3.92. The van der Waals surface area contributed by atoms with Crippen LogP contribution in [0, 0.1) is 0 Å². The molecule has 0 heterocycles. The molecule has 1 unspecified atom stereocenters. The van der Waals surface area contributed by atoms with Crippen LogP contribution in [0.25, 0.3) is 0 Å². The number of benzene rings is 1. The van der Waals surface area contributed by atoms with Crippen molar-refractivity contribution in [3.63, 3.8) is 0 Å². The van der Waals surface area contributed by atoms with Gasteiger partial charge in [0.2, 0.25) is 5.75 Å². The monoisotopic (exact) mass is 239 g/mol. The normalized spacial score (nSPS) is 12.2. The summed E-state index contributed by atoms with van der Waals surface area (Å²) >= 11 is 0. The van der Waals surface area contributed by atoms with Crippen molar-refractivity contribution in [1.82, 2.24) is 5.32 Å². The van der Waals surface area contributed by atoms with Crippen molar-refractivity contribution >= 4 is 0 Å². The molecule has 1 atom stereocenters. The van der Waals surface area contributed by atoms with Gasteiger partial charge in [-0.15, -0.1) is 0 Å². The largest absolute Gasteiger partial charge is 0.502 e. The highest BCUT2D eigenvalue weighted by molar-refractivity contribution is 5.53. The summed E-state index contributed by atoms with van der Waals surface area (Å²) in [5.41, 5.74) is 1.06. The predicted octanol–water partition coefficient (Wildman–Crippen LogP) is 2.47. The molecule has 0 spiro atoms. The van der Waals surface area contributed by atoms with Crippen LogP contribution in [0.4, 0.5) is 0 Å². The Labute approximate surface area is 103 Å². The fraction of sp³-hybridized carbons (Fsp3) is 0.538. The molecule has 0 aliphatic heterocycles. The lowest BCUT2D eigenvalue weighted by atomic mass is 10.0. The van der Waals surface area contributed by atoms with Gasteiger partial charge in [0.1, 0.15) is 0 Å². The third-order valence-corrected chi connectivity index (χ3v) is 2.76. The van der Waals surface area contributed by atoms with Gasteiger partial charge < -0.3 is 19.9 Å². The second-order valence-electron chi connectivity index (χ2n) is 3.79. The van der Waals surface area contributed by atoms with Gasteiger partial charge in [0, 0.05) is 6.04 Å². The van der Waals surface area contributed by atoms with Gasteiger partial charge in [0.05, 0.1) is 14.2 Å². The van der Waals surface area contributed by atoms with Crippen LogP contribution >= 0.6 is 0 Å². The summed E-state index contributed by atoms with van der Waals surface area (Å²) in [5.74, 6) is 0.927. The van der Waals surface area contributed by atoms with E-state index in [1.807, 2.05) is 12.1 Å². The van der Waals surface area contributed by atoms with Crippen LogP contribution < -0.4 is 14.8 Å². The van der Waals surface area contributed by atoms with Gasteiger partial charge in [0.15, 0.2) is 11.5 Å². The second kappa shape index (κ2) is 6.35. The van der Waals surface area contributed by atoms with Crippen molar-refractivity contribution in [1.29, 1.82) is 0 Å². The first-order chi connectivity index (χ1) is 8.17. The molecule has 1 aromatic rings. The minimum Gasteiger partial charge on any atom is -0.502 e. The van der Waals surface area contributed by atoms with Crippen molar-refractivity contribution in [3.05, 3.63) is 17.7 Å². The second-order valence-corrected chi connectivity index (χ2v) is 3.79. The molecule has 0 aliphatic carbocycles. The zero-order valence-electron chi connectivity index (χ0n) is 10.9. The molecule has 2 N–H and O–H groups in total. The van der Waals surface area contributed by atoms with E-state index >= 15 is 0 Å². The number of phenols is 1. The first-order valence-corrected chi connectivity index (χ1v) is 5.86. The van der Waals surface area contributed by atoms with Crippen LogP contribution in [0.15, 0.2) is 12.1 Å². The maximum atomic E-state index is 9.83. The lowest BCUT2D eigenvalue weighted by Crippen LogP contribution is -2.20. The zero-order valence-corrected chi connectivity index (χ0v) is 10.9. The van der Waals surface area contributed by atoms with E-state index in [1.165, 1.54) is 14.2 Å². The number of methoxy groups -OCH3 is 2. The maximum absolute atomic E-state index is 9.83. The van der Waals surface area contributed by atoms with Gasteiger partial charge in [-0.25, -0.2) is 0 Å². The average Bonchev–Trinajstić information content (AvgIpc) is 2.36. The standard InChI is InChI=1S/C13H21NO3/c1-5-10(14-6-2)9-7-11(16-3)13(15)12(8-9)17-4/h7-8,10,14-15H,5-6H2,1-4H3. The molecule has 0 bridgehead atoms. The minimum absolute atomic E-state index is 0.0464. The van der Waals surface area contributed by atoms with Gasteiger partial charge in [-0.2, -0.15) is 0 Å². The summed E-state index contributed by atoms with van der Waals surface area (Å²) in [5, 5.41) is 13.2. The summed E-state index contributed by atoms with van der Waals surface area (Å²) in [6.45, 7) is 5.07. The Bertz CT molecular complexity index is 341. The van der Waals surface area contributed by atoms with Crippen molar-refractivity contribution < 1.29 is 14.6 Å². The molecule has 1 aromatic carbocycles. The van der Waals surface area contributed by atoms with E-state index in [0.29, 0.717) is 11.5 Å². The van der Waals surface area contributed by atoms with Crippen LogP contribution in [0.3, 0.4) is 0 Å². The Morgan fingerprint density at radius 3 is 2.06 bits per heavy atom. The van der Waals surface area contributed by atoms with Crippen molar-refractivity contribution in [2.24, 2.45) is 0 Å². The Morgan fingerprint density at radius 2 is 1.71 bits per heavy atom. The van der Waals surface area contributed by atoms with Gasteiger partial charge in [-0.05, 0) is 30.7 Å². The Kier molecular flexibility index (Phi) is 5.10. The molecule has 4 heteroatoms. The van der Waals surface area contributed by atoms with E-state index in [1.54, 1.807) is 0 Å². The van der Waals surface area contributed by atoms with Crippen molar-refractivity contribution in [2.75, 3.05) is 20.8 Å². The first-order valence-electron chi connectivity index (χ1n) is 5.86. The van der Waals surface area contributed by atoms with Crippen molar-refractivity contribution in [3.8, 4) is 17.2 Å². The quantitative estimate of drug-likeness (QED) is 0.800. The van der Waals surface area contributed by atoms with Crippen LogP contribution in [0.1, 0.15) is 31.9 Å². The molecule has 4 nitrogen and oxygen atoms in total. The summed E-state index contributed by atoms with van der Waals surface area (Å²) < 4.78 is 10.3. The van der Waals surface area contributed by atoms with E-state index in [-0.39, 0.29) is 11.8 Å². The smallest absolute Gasteiger partial charge is 0.200 e. The number of phenolic OH excluding ortho intramolecular Hbond substituents is 1. The SMILES string of the molecule is CCNC(CC)c1cc(OC)c(O)c(OC)c1. The van der Waals surface area contributed by atoms with E-state index < -0.39 is 0 Å². The van der Waals surface area contributed by atoms with E-state index in [9.17, 15) is 5.11 Å². The molecular weight excluding hydrogens is 218 g/mol. The molecule has 0 aromatic heterocycles. The fourth-order valence-electron chi connectivity index (χ4n) is 1.86. The number of rotatable bonds is 6. The molecule has 17 heavy (non-hydrogen) atoms. The highest BCUT2D eigenvalue weighted by Gasteiger charge is 2.15. The minimum atomic E-state index is 0.0464. The highest BCUT2D eigenvalue weighted by Crippen LogP contribution is 2.39. The predicted molar refractivity (Wildman–Crippen MR) is 67.9 cm³/mol.